The number of nitrogens with zero attached hydrogens (tertiary/aromatic N) is 1. The Labute approximate surface area is 130 Å². The minimum atomic E-state index is -0.0327. The second kappa shape index (κ2) is 8.74. The average molecular weight is 297 g/mol. The molecule has 1 heterocycles. The molecular formula is C17H35N3O. The van der Waals surface area contributed by atoms with Gasteiger partial charge in [0, 0.05) is 31.6 Å². The molecule has 0 aliphatic carbocycles. The fourth-order valence-corrected chi connectivity index (χ4v) is 3.07. The number of nitrogens with one attached hydrogen (secondary N) is 1. The number of rotatable bonds is 7. The molecule has 0 bridgehead atoms. The Morgan fingerprint density at radius 1 is 1.33 bits per heavy atom. The lowest BCUT2D eigenvalue weighted by Gasteiger charge is -2.32. The standard InChI is InChI=1S/C17H35N3O/c1-5-6-9-20-10-7-15(8-11-20)19-16(21)12-14(18)13-17(2,3)4/h14-15H,5-13,18H2,1-4H3,(H,19,21). The van der Waals surface area contributed by atoms with Crippen molar-refractivity contribution in [3.05, 3.63) is 0 Å². The number of hydrogen-bond acceptors (Lipinski definition) is 3. The van der Waals surface area contributed by atoms with Gasteiger partial charge in [-0.15, -0.1) is 0 Å². The number of carbonyl (C=O) groups excluding carboxylic acids is 1. The zero-order valence-electron chi connectivity index (χ0n) is 14.5. The largest absolute Gasteiger partial charge is 0.353 e. The first-order chi connectivity index (χ1) is 9.80. The van der Waals surface area contributed by atoms with E-state index in [-0.39, 0.29) is 17.4 Å². The predicted molar refractivity (Wildman–Crippen MR) is 89.2 cm³/mol. The van der Waals surface area contributed by atoms with Crippen LogP contribution in [0.1, 0.15) is 66.2 Å². The molecular weight excluding hydrogens is 262 g/mol. The molecule has 1 rings (SSSR count). The van der Waals surface area contributed by atoms with Gasteiger partial charge in [0.25, 0.3) is 0 Å². The average Bonchev–Trinajstić information content (AvgIpc) is 2.35. The SMILES string of the molecule is CCCCN1CCC(NC(=O)CC(N)CC(C)(C)C)CC1. The molecule has 4 heteroatoms. The van der Waals surface area contributed by atoms with Crippen LogP contribution < -0.4 is 11.1 Å². The summed E-state index contributed by atoms with van der Waals surface area (Å²) in [6.07, 6.45) is 6.01. The van der Waals surface area contributed by atoms with Crippen LogP contribution in [0.3, 0.4) is 0 Å². The van der Waals surface area contributed by atoms with Crippen molar-refractivity contribution in [2.24, 2.45) is 11.1 Å². The first-order valence-corrected chi connectivity index (χ1v) is 8.57. The molecule has 0 radical (unpaired) electrons. The van der Waals surface area contributed by atoms with Gasteiger partial charge in [0.05, 0.1) is 0 Å². The van der Waals surface area contributed by atoms with Crippen molar-refractivity contribution < 1.29 is 4.79 Å². The lowest BCUT2D eigenvalue weighted by Crippen LogP contribution is -2.46. The van der Waals surface area contributed by atoms with E-state index in [0.717, 1.165) is 32.4 Å². The van der Waals surface area contributed by atoms with Crippen LogP contribution in [0.2, 0.25) is 0 Å². The Balaban J connectivity index is 2.21. The lowest BCUT2D eigenvalue weighted by atomic mass is 9.87. The van der Waals surface area contributed by atoms with E-state index in [9.17, 15) is 4.79 Å². The summed E-state index contributed by atoms with van der Waals surface area (Å²) < 4.78 is 0. The molecule has 21 heavy (non-hydrogen) atoms. The van der Waals surface area contributed by atoms with Crippen LogP contribution in [-0.2, 0) is 4.79 Å². The molecule has 4 nitrogen and oxygen atoms in total. The van der Waals surface area contributed by atoms with Gasteiger partial charge in [0.2, 0.25) is 5.91 Å². The Morgan fingerprint density at radius 3 is 2.48 bits per heavy atom. The van der Waals surface area contributed by atoms with E-state index in [1.807, 2.05) is 0 Å². The molecule has 1 fully saturated rings. The minimum absolute atomic E-state index is 0.0327. The molecule has 124 valence electrons. The van der Waals surface area contributed by atoms with Gasteiger partial charge in [-0.25, -0.2) is 0 Å². The van der Waals surface area contributed by atoms with Gasteiger partial charge < -0.3 is 16.0 Å². The van der Waals surface area contributed by atoms with Gasteiger partial charge in [-0.05, 0) is 37.6 Å². The summed E-state index contributed by atoms with van der Waals surface area (Å²) in [4.78, 5) is 14.6. The van der Waals surface area contributed by atoms with Crippen LogP contribution in [0, 0.1) is 5.41 Å². The van der Waals surface area contributed by atoms with Crippen LogP contribution in [0.5, 0.6) is 0 Å². The Morgan fingerprint density at radius 2 is 1.95 bits per heavy atom. The predicted octanol–water partition coefficient (Wildman–Crippen LogP) is 2.52. The molecule has 1 saturated heterocycles. The fourth-order valence-electron chi connectivity index (χ4n) is 3.07. The van der Waals surface area contributed by atoms with E-state index in [0.29, 0.717) is 12.5 Å². The number of piperidine rings is 1. The second-order valence-electron chi connectivity index (χ2n) is 7.77. The molecule has 0 aromatic carbocycles. The topological polar surface area (TPSA) is 58.4 Å². The van der Waals surface area contributed by atoms with Gasteiger partial charge >= 0.3 is 0 Å². The number of unbranched alkanes of at least 4 members (excludes halogenated alkanes) is 1. The van der Waals surface area contributed by atoms with Gasteiger partial charge in [-0.3, -0.25) is 4.79 Å². The Kier molecular flexibility index (Phi) is 7.67. The van der Waals surface area contributed by atoms with E-state index in [4.69, 9.17) is 5.73 Å². The van der Waals surface area contributed by atoms with Crippen molar-refractivity contribution in [1.82, 2.24) is 10.2 Å². The molecule has 1 unspecified atom stereocenters. The number of amides is 1. The zero-order chi connectivity index (χ0) is 15.9. The molecule has 0 aromatic rings. The highest BCUT2D eigenvalue weighted by Gasteiger charge is 2.22. The van der Waals surface area contributed by atoms with E-state index < -0.39 is 0 Å². The summed E-state index contributed by atoms with van der Waals surface area (Å²) in [6, 6.07) is 0.312. The molecule has 1 aliphatic heterocycles. The molecule has 1 aliphatic rings. The van der Waals surface area contributed by atoms with E-state index >= 15 is 0 Å². The maximum absolute atomic E-state index is 12.1. The second-order valence-corrected chi connectivity index (χ2v) is 7.77. The summed E-state index contributed by atoms with van der Waals surface area (Å²) in [5, 5.41) is 3.17. The maximum atomic E-state index is 12.1. The Bertz CT molecular complexity index is 304. The van der Waals surface area contributed by atoms with Crippen molar-refractivity contribution >= 4 is 5.91 Å². The summed E-state index contributed by atoms with van der Waals surface area (Å²) in [5.74, 6) is 0.124. The number of likely N-dealkylation sites (tertiary alicyclic amines) is 1. The summed E-state index contributed by atoms with van der Waals surface area (Å²) in [7, 11) is 0. The normalized spacial score (nSPS) is 19.5. The molecule has 1 atom stereocenters. The van der Waals surface area contributed by atoms with E-state index in [1.165, 1.54) is 19.4 Å². The van der Waals surface area contributed by atoms with Crippen molar-refractivity contribution in [3.63, 3.8) is 0 Å². The zero-order valence-corrected chi connectivity index (χ0v) is 14.5. The number of carbonyl (C=O) groups is 1. The van der Waals surface area contributed by atoms with Crippen molar-refractivity contribution in [2.75, 3.05) is 19.6 Å². The van der Waals surface area contributed by atoms with Crippen molar-refractivity contribution in [2.45, 2.75) is 78.3 Å². The van der Waals surface area contributed by atoms with E-state index in [1.54, 1.807) is 0 Å². The van der Waals surface area contributed by atoms with Crippen molar-refractivity contribution in [3.8, 4) is 0 Å². The van der Waals surface area contributed by atoms with Gasteiger partial charge in [-0.2, -0.15) is 0 Å². The third kappa shape index (κ3) is 8.42. The van der Waals surface area contributed by atoms with Crippen LogP contribution >= 0.6 is 0 Å². The number of hydrogen-bond donors (Lipinski definition) is 2. The third-order valence-corrected chi connectivity index (χ3v) is 4.10. The van der Waals surface area contributed by atoms with Gasteiger partial charge in [0.15, 0.2) is 0 Å². The smallest absolute Gasteiger partial charge is 0.221 e. The first-order valence-electron chi connectivity index (χ1n) is 8.57. The van der Waals surface area contributed by atoms with Crippen LogP contribution in [0.25, 0.3) is 0 Å². The summed E-state index contributed by atoms with van der Waals surface area (Å²) in [5.41, 5.74) is 6.26. The van der Waals surface area contributed by atoms with Crippen LogP contribution in [0.4, 0.5) is 0 Å². The van der Waals surface area contributed by atoms with Gasteiger partial charge in [-0.1, -0.05) is 34.1 Å². The van der Waals surface area contributed by atoms with Crippen molar-refractivity contribution in [1.29, 1.82) is 0 Å². The molecule has 1 amide bonds. The van der Waals surface area contributed by atoms with Gasteiger partial charge in [0.1, 0.15) is 0 Å². The van der Waals surface area contributed by atoms with Crippen LogP contribution in [-0.4, -0.2) is 42.5 Å². The van der Waals surface area contributed by atoms with Crippen LogP contribution in [0.15, 0.2) is 0 Å². The molecule has 3 N–H and O–H groups in total. The summed E-state index contributed by atoms with van der Waals surface area (Å²) >= 11 is 0. The monoisotopic (exact) mass is 297 g/mol. The first kappa shape index (κ1) is 18.4. The maximum Gasteiger partial charge on any atom is 0.221 e. The fraction of sp³-hybridized carbons (Fsp3) is 0.941. The highest BCUT2D eigenvalue weighted by atomic mass is 16.1. The third-order valence-electron chi connectivity index (χ3n) is 4.10. The van der Waals surface area contributed by atoms with E-state index in [2.05, 4.69) is 37.9 Å². The Hall–Kier alpha value is -0.610. The highest BCUT2D eigenvalue weighted by molar-refractivity contribution is 5.76. The quantitative estimate of drug-likeness (QED) is 0.759. The molecule has 0 saturated carbocycles. The summed E-state index contributed by atoms with van der Waals surface area (Å²) in [6.45, 7) is 12.1. The highest BCUT2D eigenvalue weighted by Crippen LogP contribution is 2.21. The molecule has 0 aromatic heterocycles. The number of nitrogens with two attached hydrogens (primary N) is 1. The minimum Gasteiger partial charge on any atom is -0.353 e. The molecule has 0 spiro atoms. The lowest BCUT2D eigenvalue weighted by molar-refractivity contribution is -0.122.